The van der Waals surface area contributed by atoms with Gasteiger partial charge in [-0.1, -0.05) is 84.9 Å². The molecule has 0 heterocycles. The van der Waals surface area contributed by atoms with Gasteiger partial charge in [-0.25, -0.2) is 0 Å². The van der Waals surface area contributed by atoms with Crippen LogP contribution in [0.4, 0.5) is 0 Å². The Balaban J connectivity index is 1.52. The van der Waals surface area contributed by atoms with Crippen LogP contribution >= 0.6 is 0 Å². The van der Waals surface area contributed by atoms with E-state index >= 15 is 0 Å². The van der Waals surface area contributed by atoms with Gasteiger partial charge in [0.2, 0.25) is 0 Å². The summed E-state index contributed by atoms with van der Waals surface area (Å²) in [6.07, 6.45) is 0.968. The summed E-state index contributed by atoms with van der Waals surface area (Å²) >= 11 is 0. The summed E-state index contributed by atoms with van der Waals surface area (Å²) in [6, 6.07) is 29.0. The Hall–Kier alpha value is -2.93. The van der Waals surface area contributed by atoms with Gasteiger partial charge in [-0.2, -0.15) is 0 Å². The molecule has 0 fully saturated rings. The van der Waals surface area contributed by atoms with Gasteiger partial charge in [0, 0.05) is 12.8 Å². The average molecular weight is 310 g/mol. The van der Waals surface area contributed by atoms with Crippen molar-refractivity contribution in [3.63, 3.8) is 0 Å². The smallest absolute Gasteiger partial charge is 0.141 e. The second-order valence-corrected chi connectivity index (χ2v) is 6.26. The molecule has 0 saturated carbocycles. The molecule has 0 amide bonds. The zero-order chi connectivity index (χ0) is 16.4. The molecule has 0 aromatic heterocycles. The molecule has 0 radical (unpaired) electrons. The Morgan fingerprint density at radius 2 is 0.958 bits per heavy atom. The standard InChI is InChI=1S/C23H18O/c24-23(15-17-9-11-19-5-1-3-7-21(19)13-17)16-18-10-12-20-6-2-4-8-22(20)14-18/h1-14H,15-16H2. The fourth-order valence-electron chi connectivity index (χ4n) is 3.22. The quantitative estimate of drug-likeness (QED) is 0.497. The third-order valence-corrected chi connectivity index (χ3v) is 4.43. The van der Waals surface area contributed by atoms with Gasteiger partial charge in [0.25, 0.3) is 0 Å². The minimum Gasteiger partial charge on any atom is -0.299 e. The van der Waals surface area contributed by atoms with E-state index in [2.05, 4.69) is 60.7 Å². The van der Waals surface area contributed by atoms with E-state index < -0.39 is 0 Å². The normalized spacial score (nSPS) is 11.0. The van der Waals surface area contributed by atoms with Crippen molar-refractivity contribution >= 4 is 27.3 Å². The van der Waals surface area contributed by atoms with Crippen molar-refractivity contribution in [3.8, 4) is 0 Å². The van der Waals surface area contributed by atoms with Crippen LogP contribution in [0.3, 0.4) is 0 Å². The largest absolute Gasteiger partial charge is 0.299 e. The highest BCUT2D eigenvalue weighted by Crippen LogP contribution is 2.18. The number of Topliss-reactive ketones (excluding diaryl/α,β-unsaturated/α-hetero) is 1. The first-order valence-electron chi connectivity index (χ1n) is 8.25. The van der Waals surface area contributed by atoms with Gasteiger partial charge >= 0.3 is 0 Å². The van der Waals surface area contributed by atoms with Gasteiger partial charge < -0.3 is 0 Å². The summed E-state index contributed by atoms with van der Waals surface area (Å²) < 4.78 is 0. The van der Waals surface area contributed by atoms with Crippen molar-refractivity contribution in [3.05, 3.63) is 96.1 Å². The van der Waals surface area contributed by atoms with E-state index in [-0.39, 0.29) is 5.78 Å². The van der Waals surface area contributed by atoms with E-state index in [4.69, 9.17) is 0 Å². The summed E-state index contributed by atoms with van der Waals surface area (Å²) in [6.45, 7) is 0. The average Bonchev–Trinajstić information content (AvgIpc) is 2.61. The maximum absolute atomic E-state index is 12.5. The molecular weight excluding hydrogens is 292 g/mol. The minimum absolute atomic E-state index is 0.251. The molecule has 0 spiro atoms. The first kappa shape index (κ1) is 14.6. The van der Waals surface area contributed by atoms with Crippen molar-refractivity contribution in [2.24, 2.45) is 0 Å². The van der Waals surface area contributed by atoms with Crippen LogP contribution in [0, 0.1) is 0 Å². The monoisotopic (exact) mass is 310 g/mol. The lowest BCUT2D eigenvalue weighted by atomic mass is 9.99. The molecule has 0 saturated heterocycles. The van der Waals surface area contributed by atoms with Crippen molar-refractivity contribution in [1.82, 2.24) is 0 Å². The Morgan fingerprint density at radius 1 is 0.542 bits per heavy atom. The number of benzene rings is 4. The molecule has 4 aromatic rings. The van der Waals surface area contributed by atoms with Crippen LogP contribution in [-0.4, -0.2) is 5.78 Å². The van der Waals surface area contributed by atoms with Crippen molar-refractivity contribution in [1.29, 1.82) is 0 Å². The van der Waals surface area contributed by atoms with Gasteiger partial charge in [0.15, 0.2) is 0 Å². The Bertz CT molecular complexity index is 947. The maximum atomic E-state index is 12.5. The van der Waals surface area contributed by atoms with Crippen LogP contribution in [0.25, 0.3) is 21.5 Å². The van der Waals surface area contributed by atoms with Crippen molar-refractivity contribution < 1.29 is 4.79 Å². The molecule has 0 aliphatic rings. The molecule has 4 aromatic carbocycles. The summed E-state index contributed by atoms with van der Waals surface area (Å²) in [5, 5.41) is 4.80. The fourth-order valence-corrected chi connectivity index (χ4v) is 3.22. The number of carbonyl (C=O) groups is 1. The molecule has 1 heteroatoms. The fraction of sp³-hybridized carbons (Fsp3) is 0.0870. The lowest BCUT2D eigenvalue weighted by Gasteiger charge is -2.05. The zero-order valence-corrected chi connectivity index (χ0v) is 13.4. The second kappa shape index (κ2) is 6.29. The number of hydrogen-bond donors (Lipinski definition) is 0. The van der Waals surface area contributed by atoms with E-state index in [9.17, 15) is 4.79 Å². The predicted octanol–water partition coefficient (Wildman–Crippen LogP) is 5.35. The van der Waals surface area contributed by atoms with Gasteiger partial charge in [0.1, 0.15) is 5.78 Å². The number of carbonyl (C=O) groups excluding carboxylic acids is 1. The zero-order valence-electron chi connectivity index (χ0n) is 13.4. The molecule has 0 N–H and O–H groups in total. The third-order valence-electron chi connectivity index (χ3n) is 4.43. The van der Waals surface area contributed by atoms with Crippen LogP contribution in [-0.2, 0) is 17.6 Å². The molecule has 0 aliphatic heterocycles. The predicted molar refractivity (Wildman–Crippen MR) is 100 cm³/mol. The third kappa shape index (κ3) is 3.07. The number of rotatable bonds is 4. The Kier molecular flexibility index (Phi) is 3.84. The molecule has 0 aliphatic carbocycles. The van der Waals surface area contributed by atoms with Crippen LogP contribution in [0.2, 0.25) is 0 Å². The highest BCUT2D eigenvalue weighted by atomic mass is 16.1. The molecule has 4 rings (SSSR count). The van der Waals surface area contributed by atoms with Gasteiger partial charge in [0.05, 0.1) is 0 Å². The summed E-state index contributed by atoms with van der Waals surface area (Å²) in [5.74, 6) is 0.251. The second-order valence-electron chi connectivity index (χ2n) is 6.26. The number of hydrogen-bond acceptors (Lipinski definition) is 1. The summed E-state index contributed by atoms with van der Waals surface area (Å²) in [5.41, 5.74) is 2.17. The van der Waals surface area contributed by atoms with E-state index in [1.165, 1.54) is 21.5 Å². The van der Waals surface area contributed by atoms with Gasteiger partial charge in [-0.3, -0.25) is 4.79 Å². The van der Waals surface area contributed by atoms with Gasteiger partial charge in [-0.15, -0.1) is 0 Å². The molecular formula is C23H18O. The van der Waals surface area contributed by atoms with Crippen LogP contribution in [0.1, 0.15) is 11.1 Å². The first-order valence-corrected chi connectivity index (χ1v) is 8.25. The summed E-state index contributed by atoms with van der Waals surface area (Å²) in [7, 11) is 0. The lowest BCUT2D eigenvalue weighted by Crippen LogP contribution is -2.06. The number of fused-ring (bicyclic) bond motifs is 2. The highest BCUT2D eigenvalue weighted by molar-refractivity contribution is 5.88. The van der Waals surface area contributed by atoms with Gasteiger partial charge in [-0.05, 0) is 32.7 Å². The van der Waals surface area contributed by atoms with Crippen molar-refractivity contribution in [2.45, 2.75) is 12.8 Å². The first-order chi connectivity index (χ1) is 11.8. The number of ketones is 1. The van der Waals surface area contributed by atoms with E-state index in [1.54, 1.807) is 0 Å². The molecule has 1 nitrogen and oxygen atoms in total. The Labute approximate surface area is 141 Å². The highest BCUT2D eigenvalue weighted by Gasteiger charge is 2.07. The molecule has 24 heavy (non-hydrogen) atoms. The van der Waals surface area contributed by atoms with Crippen LogP contribution in [0.5, 0.6) is 0 Å². The Morgan fingerprint density at radius 3 is 1.42 bits per heavy atom. The van der Waals surface area contributed by atoms with E-state index in [0.717, 1.165) is 11.1 Å². The van der Waals surface area contributed by atoms with Crippen molar-refractivity contribution in [2.75, 3.05) is 0 Å². The molecule has 0 atom stereocenters. The SMILES string of the molecule is O=C(Cc1ccc2ccccc2c1)Cc1ccc2ccccc2c1. The molecule has 116 valence electrons. The topological polar surface area (TPSA) is 17.1 Å². The van der Waals surface area contributed by atoms with Crippen LogP contribution < -0.4 is 0 Å². The van der Waals surface area contributed by atoms with E-state index in [0.29, 0.717) is 12.8 Å². The molecule has 0 unspecified atom stereocenters. The minimum atomic E-state index is 0.251. The lowest BCUT2D eigenvalue weighted by molar-refractivity contribution is -0.117. The van der Waals surface area contributed by atoms with E-state index in [1.807, 2.05) is 24.3 Å². The molecule has 0 bridgehead atoms. The maximum Gasteiger partial charge on any atom is 0.141 e. The summed E-state index contributed by atoms with van der Waals surface area (Å²) in [4.78, 5) is 12.5. The van der Waals surface area contributed by atoms with Crippen LogP contribution in [0.15, 0.2) is 84.9 Å².